The van der Waals surface area contributed by atoms with Gasteiger partial charge in [-0.1, -0.05) is 43.5 Å². The second-order valence-corrected chi connectivity index (χ2v) is 5.52. The third-order valence-corrected chi connectivity index (χ3v) is 4.03. The standard InChI is InChI=1S/C17H19NO2/c19-14-10-12-6-4-5-9-15(12)16(11-14)17(20)18-13-7-2-1-3-8-13/h4-6,9-11,13,19H,1-3,7-8H2,(H,18,20). The molecule has 1 fully saturated rings. The van der Waals surface area contributed by atoms with E-state index >= 15 is 0 Å². The highest BCUT2D eigenvalue weighted by molar-refractivity contribution is 6.07. The number of nitrogens with one attached hydrogen (secondary N) is 1. The first-order valence-corrected chi connectivity index (χ1v) is 7.26. The van der Waals surface area contributed by atoms with E-state index in [9.17, 15) is 9.90 Å². The molecular weight excluding hydrogens is 250 g/mol. The van der Waals surface area contributed by atoms with Crippen molar-refractivity contribution in [1.29, 1.82) is 0 Å². The van der Waals surface area contributed by atoms with Crippen LogP contribution in [0.3, 0.4) is 0 Å². The maximum absolute atomic E-state index is 12.5. The van der Waals surface area contributed by atoms with Crippen LogP contribution < -0.4 is 5.32 Å². The lowest BCUT2D eigenvalue weighted by Crippen LogP contribution is -2.36. The molecule has 3 rings (SSSR count). The van der Waals surface area contributed by atoms with E-state index in [1.165, 1.54) is 19.3 Å². The molecule has 1 aliphatic carbocycles. The summed E-state index contributed by atoms with van der Waals surface area (Å²) >= 11 is 0. The average Bonchev–Trinajstić information content (AvgIpc) is 2.47. The molecule has 0 bridgehead atoms. The van der Waals surface area contributed by atoms with E-state index in [1.807, 2.05) is 24.3 Å². The molecule has 0 radical (unpaired) electrons. The van der Waals surface area contributed by atoms with Gasteiger partial charge in [-0.15, -0.1) is 0 Å². The van der Waals surface area contributed by atoms with Crippen molar-refractivity contribution < 1.29 is 9.90 Å². The summed E-state index contributed by atoms with van der Waals surface area (Å²) in [6.07, 6.45) is 5.75. The van der Waals surface area contributed by atoms with Crippen molar-refractivity contribution in [1.82, 2.24) is 5.32 Å². The molecule has 1 aliphatic rings. The Morgan fingerprint density at radius 2 is 1.85 bits per heavy atom. The minimum Gasteiger partial charge on any atom is -0.508 e. The van der Waals surface area contributed by atoms with Crippen molar-refractivity contribution in [2.75, 3.05) is 0 Å². The molecule has 0 saturated heterocycles. The Morgan fingerprint density at radius 3 is 2.65 bits per heavy atom. The van der Waals surface area contributed by atoms with Crippen LogP contribution in [0.1, 0.15) is 42.5 Å². The zero-order valence-electron chi connectivity index (χ0n) is 11.4. The van der Waals surface area contributed by atoms with Crippen LogP contribution in [0.5, 0.6) is 5.75 Å². The molecule has 20 heavy (non-hydrogen) atoms. The van der Waals surface area contributed by atoms with Crippen molar-refractivity contribution in [3.8, 4) is 5.75 Å². The van der Waals surface area contributed by atoms with Gasteiger partial charge >= 0.3 is 0 Å². The van der Waals surface area contributed by atoms with E-state index in [0.717, 1.165) is 23.6 Å². The van der Waals surface area contributed by atoms with Gasteiger partial charge in [0.2, 0.25) is 0 Å². The fraction of sp³-hybridized carbons (Fsp3) is 0.353. The Labute approximate surface area is 118 Å². The molecule has 0 spiro atoms. The summed E-state index contributed by atoms with van der Waals surface area (Å²) in [5, 5.41) is 14.7. The van der Waals surface area contributed by atoms with Crippen molar-refractivity contribution >= 4 is 16.7 Å². The molecule has 0 atom stereocenters. The lowest BCUT2D eigenvalue weighted by molar-refractivity contribution is 0.0929. The number of rotatable bonds is 2. The Morgan fingerprint density at radius 1 is 1.10 bits per heavy atom. The molecule has 0 aromatic heterocycles. The van der Waals surface area contributed by atoms with Crippen LogP contribution >= 0.6 is 0 Å². The van der Waals surface area contributed by atoms with Gasteiger partial charge in [0.1, 0.15) is 5.75 Å². The van der Waals surface area contributed by atoms with Gasteiger partial charge in [0.15, 0.2) is 0 Å². The van der Waals surface area contributed by atoms with Gasteiger partial charge in [-0.25, -0.2) is 0 Å². The number of amides is 1. The second-order valence-electron chi connectivity index (χ2n) is 5.52. The first-order chi connectivity index (χ1) is 9.74. The number of fused-ring (bicyclic) bond motifs is 1. The van der Waals surface area contributed by atoms with Gasteiger partial charge in [-0.3, -0.25) is 4.79 Å². The van der Waals surface area contributed by atoms with E-state index in [2.05, 4.69) is 5.32 Å². The van der Waals surface area contributed by atoms with E-state index < -0.39 is 0 Å². The monoisotopic (exact) mass is 269 g/mol. The summed E-state index contributed by atoms with van der Waals surface area (Å²) in [6.45, 7) is 0. The lowest BCUT2D eigenvalue weighted by atomic mass is 9.95. The largest absolute Gasteiger partial charge is 0.508 e. The first-order valence-electron chi connectivity index (χ1n) is 7.26. The third kappa shape index (κ3) is 2.62. The molecule has 3 nitrogen and oxygen atoms in total. The second kappa shape index (κ2) is 5.53. The Hall–Kier alpha value is -2.03. The van der Waals surface area contributed by atoms with Gasteiger partial charge < -0.3 is 10.4 Å². The zero-order chi connectivity index (χ0) is 13.9. The third-order valence-electron chi connectivity index (χ3n) is 4.03. The zero-order valence-corrected chi connectivity index (χ0v) is 11.4. The van der Waals surface area contributed by atoms with E-state index in [1.54, 1.807) is 12.1 Å². The predicted octanol–water partition coefficient (Wildman–Crippen LogP) is 3.61. The fourth-order valence-electron chi connectivity index (χ4n) is 2.99. The average molecular weight is 269 g/mol. The Bertz CT molecular complexity index is 630. The molecule has 3 heteroatoms. The molecular formula is C17H19NO2. The van der Waals surface area contributed by atoms with Crippen molar-refractivity contribution in [2.45, 2.75) is 38.1 Å². The van der Waals surface area contributed by atoms with Crippen molar-refractivity contribution in [2.24, 2.45) is 0 Å². The molecule has 2 aromatic rings. The number of aromatic hydroxyl groups is 1. The highest BCUT2D eigenvalue weighted by Crippen LogP contribution is 2.25. The molecule has 0 aliphatic heterocycles. The van der Waals surface area contributed by atoms with Gasteiger partial charge in [0.25, 0.3) is 5.91 Å². The summed E-state index contributed by atoms with van der Waals surface area (Å²) < 4.78 is 0. The number of benzene rings is 2. The van der Waals surface area contributed by atoms with Crippen LogP contribution in [0.4, 0.5) is 0 Å². The Kier molecular flexibility index (Phi) is 3.59. The van der Waals surface area contributed by atoms with E-state index in [0.29, 0.717) is 5.56 Å². The molecule has 1 amide bonds. The Balaban J connectivity index is 1.90. The SMILES string of the molecule is O=C(NC1CCCCC1)c1cc(O)cc2ccccc12. The fourth-order valence-corrected chi connectivity index (χ4v) is 2.99. The molecule has 104 valence electrons. The first kappa shape index (κ1) is 13.0. The van der Waals surface area contributed by atoms with Gasteiger partial charge in [0, 0.05) is 6.04 Å². The van der Waals surface area contributed by atoms with E-state index in [4.69, 9.17) is 0 Å². The summed E-state index contributed by atoms with van der Waals surface area (Å²) in [7, 11) is 0. The topological polar surface area (TPSA) is 49.3 Å². The summed E-state index contributed by atoms with van der Waals surface area (Å²) in [6, 6.07) is 11.2. The van der Waals surface area contributed by atoms with Crippen LogP contribution in [0, 0.1) is 0 Å². The lowest BCUT2D eigenvalue weighted by Gasteiger charge is -2.23. The van der Waals surface area contributed by atoms with Gasteiger partial charge in [-0.05, 0) is 35.7 Å². The minimum atomic E-state index is -0.0796. The number of hydrogen-bond acceptors (Lipinski definition) is 2. The number of phenolic OH excluding ortho intramolecular Hbond substituents is 1. The maximum atomic E-state index is 12.5. The van der Waals surface area contributed by atoms with Crippen LogP contribution in [-0.4, -0.2) is 17.1 Å². The molecule has 2 aromatic carbocycles. The van der Waals surface area contributed by atoms with Crippen LogP contribution in [0.25, 0.3) is 10.8 Å². The highest BCUT2D eigenvalue weighted by atomic mass is 16.3. The van der Waals surface area contributed by atoms with Crippen molar-refractivity contribution in [3.05, 3.63) is 42.0 Å². The summed E-state index contributed by atoms with van der Waals surface area (Å²) in [4.78, 5) is 12.5. The normalized spacial score (nSPS) is 16.2. The highest BCUT2D eigenvalue weighted by Gasteiger charge is 2.18. The number of carbonyl (C=O) groups excluding carboxylic acids is 1. The molecule has 1 saturated carbocycles. The number of carbonyl (C=O) groups is 1. The maximum Gasteiger partial charge on any atom is 0.252 e. The number of hydrogen-bond donors (Lipinski definition) is 2. The molecule has 0 heterocycles. The van der Waals surface area contributed by atoms with Crippen molar-refractivity contribution in [3.63, 3.8) is 0 Å². The smallest absolute Gasteiger partial charge is 0.252 e. The van der Waals surface area contributed by atoms with Crippen LogP contribution in [0.15, 0.2) is 36.4 Å². The van der Waals surface area contributed by atoms with E-state index in [-0.39, 0.29) is 17.7 Å². The number of phenols is 1. The van der Waals surface area contributed by atoms with Crippen LogP contribution in [-0.2, 0) is 0 Å². The van der Waals surface area contributed by atoms with Gasteiger partial charge in [0.05, 0.1) is 5.56 Å². The molecule has 0 unspecified atom stereocenters. The minimum absolute atomic E-state index is 0.0796. The summed E-state index contributed by atoms with van der Waals surface area (Å²) in [5.41, 5.74) is 0.561. The van der Waals surface area contributed by atoms with Crippen LogP contribution in [0.2, 0.25) is 0 Å². The quantitative estimate of drug-likeness (QED) is 0.875. The van der Waals surface area contributed by atoms with Gasteiger partial charge in [-0.2, -0.15) is 0 Å². The predicted molar refractivity (Wildman–Crippen MR) is 80.0 cm³/mol. The summed E-state index contributed by atoms with van der Waals surface area (Å²) in [5.74, 6) is 0.0569. The molecule has 2 N–H and O–H groups in total.